The van der Waals surface area contributed by atoms with E-state index >= 15 is 0 Å². The first-order valence-electron chi connectivity index (χ1n) is 0.900. The molecule has 0 aromatic carbocycles. The third-order valence-corrected chi connectivity index (χ3v) is 0. The Morgan fingerprint density at radius 2 is 2.00 bits per heavy atom. The zero-order valence-corrected chi connectivity index (χ0v) is 3.40. The molecular formula is C2H4FeO. The van der Waals surface area contributed by atoms with Crippen molar-refractivity contribution in [2.75, 3.05) is 0 Å². The summed E-state index contributed by atoms with van der Waals surface area (Å²) in [7, 11) is 0. The van der Waals surface area contributed by atoms with Gasteiger partial charge in [0.15, 0.2) is 0 Å². The van der Waals surface area contributed by atoms with Crippen LogP contribution in [0.25, 0.3) is 0 Å². The maximum atomic E-state index is 7.86. The van der Waals surface area contributed by atoms with Crippen molar-refractivity contribution in [3.8, 4) is 0 Å². The van der Waals surface area contributed by atoms with Crippen molar-refractivity contribution >= 4 is 4.60 Å². The summed E-state index contributed by atoms with van der Waals surface area (Å²) >= 11 is 3.11. The van der Waals surface area contributed by atoms with Gasteiger partial charge >= 0.3 is 32.2 Å². The molecule has 0 unspecified atom stereocenters. The Labute approximate surface area is 33.0 Å². The summed E-state index contributed by atoms with van der Waals surface area (Å²) in [5, 5.41) is 7.86. The number of rotatable bonds is 0. The van der Waals surface area contributed by atoms with Gasteiger partial charge in [0.05, 0.1) is 0 Å². The molecule has 0 heterocycles. The van der Waals surface area contributed by atoms with E-state index in [0.29, 0.717) is 0 Å². The van der Waals surface area contributed by atoms with Crippen molar-refractivity contribution in [3.05, 3.63) is 0 Å². The van der Waals surface area contributed by atoms with Crippen molar-refractivity contribution in [2.45, 2.75) is 6.92 Å². The molecule has 26 valence electrons. The predicted octanol–water partition coefficient (Wildman–Crippen LogP) is 0.0555. The zero-order valence-electron chi connectivity index (χ0n) is 2.30. The van der Waals surface area contributed by atoms with Gasteiger partial charge in [-0.15, -0.1) is 0 Å². The molecule has 0 aromatic rings. The van der Waals surface area contributed by atoms with Crippen LogP contribution in [0.15, 0.2) is 0 Å². The molecule has 1 N–H and O–H groups in total. The molecule has 0 bridgehead atoms. The standard InChI is InChI=1S/C2H4O.Fe/c1-2-3;/h3H,1H3;. The maximum absolute atomic E-state index is 7.86. The predicted molar refractivity (Wildman–Crippen MR) is 12.6 cm³/mol. The number of aliphatic hydroxyl groups excluding tert-OH is 1. The van der Waals surface area contributed by atoms with Crippen molar-refractivity contribution < 1.29 is 20.7 Å². The first-order valence-corrected chi connectivity index (χ1v) is 1.45. The number of hydrogen-bond donors (Lipinski definition) is 1. The fourth-order valence-electron chi connectivity index (χ4n) is 0. The van der Waals surface area contributed by atoms with Gasteiger partial charge in [-0.1, -0.05) is 0 Å². The normalized spacial score (nSPS) is 6.75. The van der Waals surface area contributed by atoms with Gasteiger partial charge in [0.2, 0.25) is 0 Å². The van der Waals surface area contributed by atoms with Gasteiger partial charge in [0.25, 0.3) is 0 Å². The summed E-state index contributed by atoms with van der Waals surface area (Å²) < 4.78 is 0.167. The Kier molecular flexibility index (Phi) is 1.79. The molecule has 0 rings (SSSR count). The van der Waals surface area contributed by atoms with Gasteiger partial charge in [0, 0.05) is 0 Å². The van der Waals surface area contributed by atoms with Gasteiger partial charge in [0.1, 0.15) is 0 Å². The fraction of sp³-hybridized carbons (Fsp3) is 0.500. The molecule has 0 fully saturated rings. The fourth-order valence-corrected chi connectivity index (χ4v) is 0. The average Bonchev–Trinajstić information content (AvgIpc) is 0.811. The van der Waals surface area contributed by atoms with Crippen molar-refractivity contribution in [1.29, 1.82) is 0 Å². The minimum absolute atomic E-state index is 0.167. The molecule has 0 aromatic heterocycles. The molecule has 0 aliphatic heterocycles. The molecule has 0 saturated heterocycles. The van der Waals surface area contributed by atoms with Crippen LogP contribution in [0, 0.1) is 0 Å². The van der Waals surface area contributed by atoms with E-state index in [1.54, 1.807) is 0 Å². The second kappa shape index (κ2) is 1.65. The van der Waals surface area contributed by atoms with E-state index in [4.69, 9.17) is 5.11 Å². The third-order valence-electron chi connectivity index (χ3n) is 0. The summed E-state index contributed by atoms with van der Waals surface area (Å²) in [5.74, 6) is 0. The van der Waals surface area contributed by atoms with Crippen molar-refractivity contribution in [3.63, 3.8) is 0 Å². The van der Waals surface area contributed by atoms with Gasteiger partial charge in [-0.2, -0.15) is 0 Å². The molecule has 0 aliphatic rings. The van der Waals surface area contributed by atoms with Gasteiger partial charge in [-0.3, -0.25) is 0 Å². The number of aliphatic hydroxyl groups is 1. The van der Waals surface area contributed by atoms with Gasteiger partial charge in [-0.05, 0) is 0 Å². The SMILES string of the molecule is C[C](O)=[Fe]. The second-order valence-electron chi connectivity index (χ2n) is 0.479. The van der Waals surface area contributed by atoms with Crippen LogP contribution in [0.3, 0.4) is 0 Å². The van der Waals surface area contributed by atoms with Crippen molar-refractivity contribution in [1.82, 2.24) is 0 Å². The van der Waals surface area contributed by atoms with Crippen LogP contribution < -0.4 is 0 Å². The minimum atomic E-state index is 0.167. The first kappa shape index (κ1) is 4.35. The molecule has 0 aliphatic carbocycles. The topological polar surface area (TPSA) is 20.2 Å². The van der Waals surface area contributed by atoms with E-state index in [2.05, 4.69) is 15.6 Å². The Hall–Kier alpha value is 0.349. The molecule has 1 nitrogen and oxygen atoms in total. The van der Waals surface area contributed by atoms with E-state index in [1.807, 2.05) is 0 Å². The van der Waals surface area contributed by atoms with Crippen LogP contribution >= 0.6 is 0 Å². The van der Waals surface area contributed by atoms with Crippen LogP contribution in [0.1, 0.15) is 6.92 Å². The van der Waals surface area contributed by atoms with Crippen LogP contribution in [0.5, 0.6) is 0 Å². The average molecular weight is 99.9 g/mol. The summed E-state index contributed by atoms with van der Waals surface area (Å²) in [5.41, 5.74) is 0. The van der Waals surface area contributed by atoms with Gasteiger partial charge < -0.3 is 0 Å². The molecule has 0 radical (unpaired) electrons. The van der Waals surface area contributed by atoms with Crippen LogP contribution in [0.2, 0.25) is 0 Å². The summed E-state index contributed by atoms with van der Waals surface area (Å²) in [6.45, 7) is 1.53. The molecule has 0 saturated carbocycles. The quantitative estimate of drug-likeness (QED) is 0.426. The molecule has 2 heteroatoms. The van der Waals surface area contributed by atoms with Crippen LogP contribution in [-0.2, 0) is 15.6 Å². The Morgan fingerprint density at radius 1 is 2.00 bits per heavy atom. The molecule has 4 heavy (non-hydrogen) atoms. The number of hydrogen-bond acceptors (Lipinski definition) is 1. The Balaban J connectivity index is 2.80. The monoisotopic (exact) mass is 100.0 g/mol. The molecule has 0 amide bonds. The summed E-state index contributed by atoms with van der Waals surface area (Å²) in [4.78, 5) is 0. The molecule has 0 spiro atoms. The van der Waals surface area contributed by atoms with Crippen LogP contribution in [0.4, 0.5) is 0 Å². The first-order chi connectivity index (χ1) is 1.73. The summed E-state index contributed by atoms with van der Waals surface area (Å²) in [6, 6.07) is 0. The van der Waals surface area contributed by atoms with Crippen molar-refractivity contribution in [2.24, 2.45) is 0 Å². The molecule has 0 atom stereocenters. The second-order valence-corrected chi connectivity index (χ2v) is 1.28. The van der Waals surface area contributed by atoms with E-state index in [1.165, 1.54) is 6.92 Å². The van der Waals surface area contributed by atoms with E-state index in [-0.39, 0.29) is 4.60 Å². The Bertz CT molecular complexity index is 29.0. The van der Waals surface area contributed by atoms with Gasteiger partial charge in [-0.25, -0.2) is 0 Å². The third kappa shape index (κ3) is 35.0. The molecular weight excluding hydrogens is 95.9 g/mol. The Morgan fingerprint density at radius 3 is 2.00 bits per heavy atom. The van der Waals surface area contributed by atoms with E-state index in [9.17, 15) is 0 Å². The summed E-state index contributed by atoms with van der Waals surface area (Å²) in [6.07, 6.45) is 0. The van der Waals surface area contributed by atoms with E-state index < -0.39 is 0 Å². The van der Waals surface area contributed by atoms with E-state index in [0.717, 1.165) is 0 Å². The van der Waals surface area contributed by atoms with Crippen LogP contribution in [-0.4, -0.2) is 9.71 Å². The zero-order chi connectivity index (χ0) is 3.58.